The van der Waals surface area contributed by atoms with Gasteiger partial charge in [-0.2, -0.15) is 4.98 Å². The number of hydrogen-bond acceptors (Lipinski definition) is 5. The number of carbonyl (C=O) groups is 1. The van der Waals surface area contributed by atoms with Gasteiger partial charge in [-0.25, -0.2) is 4.79 Å². The summed E-state index contributed by atoms with van der Waals surface area (Å²) in [5, 5.41) is 24.6. The fourth-order valence-corrected chi connectivity index (χ4v) is 3.79. The van der Waals surface area contributed by atoms with E-state index in [9.17, 15) is 9.90 Å². The molecule has 0 aliphatic heterocycles. The standard InChI is InChI=1S/C12H15N3O4/c16-7-1-6(2-7)8-13-9(19-15-8)11-3-12(4-11,5-11)14-10(17)18/h6-7,14,16H,1-5H2,(H,17,18)/t6-,7+,11?,12?. The third kappa shape index (κ3) is 1.44. The lowest BCUT2D eigenvalue weighted by molar-refractivity contribution is -0.0998. The lowest BCUT2D eigenvalue weighted by Crippen LogP contribution is -2.76. The molecule has 0 radical (unpaired) electrons. The Kier molecular flexibility index (Phi) is 1.93. The number of amides is 1. The number of nitrogens with one attached hydrogen (secondary N) is 1. The van der Waals surface area contributed by atoms with Gasteiger partial charge in [-0.3, -0.25) is 0 Å². The van der Waals surface area contributed by atoms with Crippen molar-refractivity contribution in [2.75, 3.05) is 0 Å². The minimum absolute atomic E-state index is 0.101. The van der Waals surface area contributed by atoms with Gasteiger partial charge >= 0.3 is 6.09 Å². The highest BCUT2D eigenvalue weighted by Gasteiger charge is 2.72. The maximum absolute atomic E-state index is 10.7. The van der Waals surface area contributed by atoms with E-state index in [1.807, 2.05) is 0 Å². The summed E-state index contributed by atoms with van der Waals surface area (Å²) in [6, 6.07) is 0. The Bertz CT molecular complexity index is 529. The molecule has 4 aliphatic rings. The smallest absolute Gasteiger partial charge is 0.405 e. The number of aliphatic hydroxyl groups excluding tert-OH is 1. The predicted octanol–water partition coefficient (Wildman–Crippen LogP) is 0.750. The molecule has 19 heavy (non-hydrogen) atoms. The molecule has 102 valence electrons. The van der Waals surface area contributed by atoms with E-state index < -0.39 is 6.09 Å². The molecule has 4 saturated carbocycles. The monoisotopic (exact) mass is 265 g/mol. The molecule has 7 heteroatoms. The normalized spacial score (nSPS) is 42.8. The zero-order chi connectivity index (χ0) is 13.3. The zero-order valence-corrected chi connectivity index (χ0v) is 10.3. The molecule has 1 aromatic rings. The first-order valence-corrected chi connectivity index (χ1v) is 6.54. The first-order chi connectivity index (χ1) is 9.00. The number of aliphatic hydroxyl groups is 1. The lowest BCUT2D eigenvalue weighted by Gasteiger charge is -2.68. The summed E-state index contributed by atoms with van der Waals surface area (Å²) in [6.45, 7) is 0. The van der Waals surface area contributed by atoms with Gasteiger partial charge in [-0.1, -0.05) is 5.16 Å². The maximum atomic E-state index is 10.7. The Morgan fingerprint density at radius 3 is 2.63 bits per heavy atom. The third-order valence-corrected chi connectivity index (χ3v) is 4.78. The van der Waals surface area contributed by atoms with Crippen LogP contribution in [0.15, 0.2) is 4.52 Å². The molecular formula is C12H15N3O4. The van der Waals surface area contributed by atoms with Crippen LogP contribution in [-0.4, -0.2) is 38.1 Å². The minimum atomic E-state index is -0.969. The van der Waals surface area contributed by atoms with Crippen molar-refractivity contribution in [1.82, 2.24) is 15.5 Å². The topological polar surface area (TPSA) is 108 Å². The average Bonchev–Trinajstić information content (AvgIpc) is 2.65. The van der Waals surface area contributed by atoms with Crippen LogP contribution in [0.25, 0.3) is 0 Å². The SMILES string of the molecule is O=C(O)NC12CC(c3nc([C@H]4C[C@@H](O)C4)no3)(C1)C2. The van der Waals surface area contributed by atoms with E-state index in [1.165, 1.54) is 0 Å². The van der Waals surface area contributed by atoms with Gasteiger partial charge in [-0.05, 0) is 32.1 Å². The van der Waals surface area contributed by atoms with Crippen LogP contribution in [0.5, 0.6) is 0 Å². The summed E-state index contributed by atoms with van der Waals surface area (Å²) in [7, 11) is 0. The molecule has 4 aliphatic carbocycles. The number of hydrogen-bond donors (Lipinski definition) is 3. The van der Waals surface area contributed by atoms with Crippen LogP contribution in [-0.2, 0) is 5.41 Å². The summed E-state index contributed by atoms with van der Waals surface area (Å²) >= 11 is 0. The fourth-order valence-electron chi connectivity index (χ4n) is 3.79. The number of carboxylic acid groups (broad SMARTS) is 1. The molecule has 2 bridgehead atoms. The molecule has 1 heterocycles. The molecule has 0 unspecified atom stereocenters. The molecule has 1 amide bonds. The Labute approximate surface area is 109 Å². The van der Waals surface area contributed by atoms with E-state index in [0.717, 1.165) is 19.3 Å². The van der Waals surface area contributed by atoms with Gasteiger partial charge in [0, 0.05) is 11.5 Å². The van der Waals surface area contributed by atoms with Crippen LogP contribution in [0, 0.1) is 0 Å². The second-order valence-electron chi connectivity index (χ2n) is 6.30. The Morgan fingerprint density at radius 2 is 2.05 bits per heavy atom. The second-order valence-corrected chi connectivity index (χ2v) is 6.30. The molecule has 4 fully saturated rings. The molecule has 7 nitrogen and oxygen atoms in total. The van der Waals surface area contributed by atoms with E-state index in [-0.39, 0.29) is 23.0 Å². The first kappa shape index (κ1) is 11.2. The number of nitrogens with zero attached hydrogens (tertiary/aromatic N) is 2. The van der Waals surface area contributed by atoms with Crippen molar-refractivity contribution >= 4 is 6.09 Å². The molecule has 1 aromatic heterocycles. The van der Waals surface area contributed by atoms with Crippen LogP contribution >= 0.6 is 0 Å². The van der Waals surface area contributed by atoms with E-state index >= 15 is 0 Å². The van der Waals surface area contributed by atoms with Crippen LogP contribution < -0.4 is 5.32 Å². The lowest BCUT2D eigenvalue weighted by atomic mass is 9.39. The van der Waals surface area contributed by atoms with Gasteiger partial charge in [0.25, 0.3) is 0 Å². The maximum Gasteiger partial charge on any atom is 0.405 e. The van der Waals surface area contributed by atoms with Crippen molar-refractivity contribution in [2.45, 2.75) is 55.1 Å². The van der Waals surface area contributed by atoms with Gasteiger partial charge < -0.3 is 20.1 Å². The van der Waals surface area contributed by atoms with Crippen molar-refractivity contribution in [1.29, 1.82) is 0 Å². The third-order valence-electron chi connectivity index (χ3n) is 4.78. The van der Waals surface area contributed by atoms with Gasteiger partial charge in [0.1, 0.15) is 0 Å². The largest absolute Gasteiger partial charge is 0.465 e. The van der Waals surface area contributed by atoms with Crippen molar-refractivity contribution in [3.05, 3.63) is 11.7 Å². The van der Waals surface area contributed by atoms with Crippen molar-refractivity contribution in [3.8, 4) is 0 Å². The zero-order valence-electron chi connectivity index (χ0n) is 10.3. The van der Waals surface area contributed by atoms with Crippen LogP contribution in [0.3, 0.4) is 0 Å². The highest BCUT2D eigenvalue weighted by molar-refractivity contribution is 5.67. The molecule has 0 spiro atoms. The quantitative estimate of drug-likeness (QED) is 0.744. The molecule has 3 N–H and O–H groups in total. The minimum Gasteiger partial charge on any atom is -0.465 e. The van der Waals surface area contributed by atoms with Crippen LogP contribution in [0.2, 0.25) is 0 Å². The predicted molar refractivity (Wildman–Crippen MR) is 61.7 cm³/mol. The first-order valence-electron chi connectivity index (χ1n) is 6.54. The van der Waals surface area contributed by atoms with Crippen LogP contribution in [0.4, 0.5) is 4.79 Å². The van der Waals surface area contributed by atoms with Crippen LogP contribution in [0.1, 0.15) is 49.7 Å². The molecule has 5 rings (SSSR count). The van der Waals surface area contributed by atoms with Gasteiger partial charge in [-0.15, -0.1) is 0 Å². The summed E-state index contributed by atoms with van der Waals surface area (Å²) in [4.78, 5) is 15.1. The van der Waals surface area contributed by atoms with Crippen molar-refractivity contribution < 1.29 is 19.5 Å². The summed E-state index contributed by atoms with van der Waals surface area (Å²) in [5.74, 6) is 1.54. The highest BCUT2D eigenvalue weighted by atomic mass is 16.5. The van der Waals surface area contributed by atoms with E-state index in [4.69, 9.17) is 9.63 Å². The summed E-state index contributed by atoms with van der Waals surface area (Å²) < 4.78 is 5.33. The van der Waals surface area contributed by atoms with Gasteiger partial charge in [0.2, 0.25) is 5.89 Å². The molecule has 0 aromatic carbocycles. The molecular weight excluding hydrogens is 250 g/mol. The van der Waals surface area contributed by atoms with Gasteiger partial charge in [0.15, 0.2) is 5.82 Å². The fraction of sp³-hybridized carbons (Fsp3) is 0.750. The Morgan fingerprint density at radius 1 is 1.37 bits per heavy atom. The Balaban J connectivity index is 1.44. The molecule has 0 atom stereocenters. The summed E-state index contributed by atoms with van der Waals surface area (Å²) in [6.07, 6.45) is 2.46. The van der Waals surface area contributed by atoms with Crippen molar-refractivity contribution in [3.63, 3.8) is 0 Å². The number of rotatable bonds is 3. The van der Waals surface area contributed by atoms with Gasteiger partial charge in [0.05, 0.1) is 11.5 Å². The Hall–Kier alpha value is -1.63. The number of aromatic nitrogens is 2. The van der Waals surface area contributed by atoms with E-state index in [2.05, 4.69) is 15.5 Å². The van der Waals surface area contributed by atoms with E-state index in [1.54, 1.807) is 0 Å². The summed E-state index contributed by atoms with van der Waals surface area (Å²) in [5.41, 5.74) is -0.358. The molecule has 0 saturated heterocycles. The highest BCUT2D eigenvalue weighted by Crippen LogP contribution is 2.67. The average molecular weight is 265 g/mol. The van der Waals surface area contributed by atoms with E-state index in [0.29, 0.717) is 24.6 Å². The van der Waals surface area contributed by atoms with Crippen molar-refractivity contribution in [2.24, 2.45) is 0 Å². The second kappa shape index (κ2) is 3.27.